The number of Topliss-reactive ketones (excluding diaryl/α,β-unsaturated/α-hetero) is 1. The lowest BCUT2D eigenvalue weighted by Gasteiger charge is -2.32. The zero-order valence-electron chi connectivity index (χ0n) is 14.8. The summed E-state index contributed by atoms with van der Waals surface area (Å²) in [6.07, 6.45) is 2.00. The molecule has 1 aromatic carbocycles. The van der Waals surface area contributed by atoms with Gasteiger partial charge in [0.2, 0.25) is 0 Å². The Morgan fingerprint density at radius 1 is 1.21 bits per heavy atom. The monoisotopic (exact) mass is 343 g/mol. The van der Waals surface area contributed by atoms with Crippen LogP contribution in [0.4, 0.5) is 0 Å². The topological polar surface area (TPSA) is 48.4 Å². The van der Waals surface area contributed by atoms with E-state index >= 15 is 0 Å². The molecule has 24 heavy (non-hydrogen) atoms. The van der Waals surface area contributed by atoms with Crippen LogP contribution in [0.5, 0.6) is 0 Å². The molecule has 0 aliphatic carbocycles. The zero-order valence-corrected chi connectivity index (χ0v) is 15.6. The summed E-state index contributed by atoms with van der Waals surface area (Å²) in [5.41, 5.74) is 2.26. The third kappa shape index (κ3) is 3.06. The quantitative estimate of drug-likeness (QED) is 0.632. The highest BCUT2D eigenvalue weighted by Gasteiger charge is 2.52. The second-order valence-electron chi connectivity index (χ2n) is 7.16. The van der Waals surface area contributed by atoms with Crippen molar-refractivity contribution in [3.05, 3.63) is 45.9 Å². The number of nitrogens with zero attached hydrogens (tertiary/aromatic N) is 1. The first kappa shape index (κ1) is 17.3. The molecular formula is C18H22BNO3S. The van der Waals surface area contributed by atoms with Crippen molar-refractivity contribution in [3.63, 3.8) is 0 Å². The summed E-state index contributed by atoms with van der Waals surface area (Å²) in [4.78, 5) is 16.5. The number of carbonyl (C=O) groups excluding carboxylic acids is 1. The van der Waals surface area contributed by atoms with Crippen molar-refractivity contribution in [3.8, 4) is 0 Å². The molecule has 0 radical (unpaired) electrons. The normalized spacial score (nSPS) is 18.8. The van der Waals surface area contributed by atoms with Gasteiger partial charge >= 0.3 is 7.12 Å². The number of hydrogen-bond acceptors (Lipinski definition) is 5. The molecule has 2 heterocycles. The molecule has 0 atom stereocenters. The van der Waals surface area contributed by atoms with Gasteiger partial charge in [-0.15, -0.1) is 11.3 Å². The highest BCUT2D eigenvalue weighted by Crippen LogP contribution is 2.36. The minimum absolute atomic E-state index is 0.0409. The Morgan fingerprint density at radius 3 is 2.46 bits per heavy atom. The molecule has 1 aliphatic heterocycles. The standard InChI is InChI=1S/C18H22BNO3S/c1-12-13(11-15(21)16-20-9-10-24-16)7-6-8-14(12)19-22-17(2,3)18(4,5)23-19/h6-10H,11H2,1-5H3. The first-order chi connectivity index (χ1) is 11.2. The Kier molecular flexibility index (Phi) is 4.40. The van der Waals surface area contributed by atoms with E-state index < -0.39 is 7.12 Å². The fourth-order valence-electron chi connectivity index (χ4n) is 2.73. The summed E-state index contributed by atoms with van der Waals surface area (Å²) in [7, 11) is -0.412. The molecule has 1 fully saturated rings. The predicted molar refractivity (Wildman–Crippen MR) is 97.0 cm³/mol. The van der Waals surface area contributed by atoms with Crippen molar-refractivity contribution in [1.82, 2.24) is 4.98 Å². The molecule has 0 unspecified atom stereocenters. The number of thiazole rings is 1. The van der Waals surface area contributed by atoms with Crippen molar-refractivity contribution in [2.24, 2.45) is 0 Å². The lowest BCUT2D eigenvalue weighted by atomic mass is 9.74. The summed E-state index contributed by atoms with van der Waals surface area (Å²) in [5.74, 6) is 0.0409. The van der Waals surface area contributed by atoms with Gasteiger partial charge in [0.1, 0.15) is 0 Å². The maximum Gasteiger partial charge on any atom is 0.495 e. The van der Waals surface area contributed by atoms with Gasteiger partial charge < -0.3 is 9.31 Å². The number of carbonyl (C=O) groups is 1. The van der Waals surface area contributed by atoms with Crippen LogP contribution in [0.2, 0.25) is 0 Å². The fourth-order valence-corrected chi connectivity index (χ4v) is 3.31. The number of benzene rings is 1. The summed E-state index contributed by atoms with van der Waals surface area (Å²) in [6.45, 7) is 10.2. The van der Waals surface area contributed by atoms with E-state index in [1.165, 1.54) is 11.3 Å². The highest BCUT2D eigenvalue weighted by atomic mass is 32.1. The predicted octanol–water partition coefficient (Wildman–Crippen LogP) is 3.18. The van der Waals surface area contributed by atoms with Crippen LogP contribution in [-0.4, -0.2) is 29.1 Å². The molecule has 6 heteroatoms. The van der Waals surface area contributed by atoms with Crippen molar-refractivity contribution < 1.29 is 14.1 Å². The molecule has 1 aromatic heterocycles. The maximum atomic E-state index is 12.4. The first-order valence-electron chi connectivity index (χ1n) is 8.08. The van der Waals surface area contributed by atoms with Crippen molar-refractivity contribution in [2.45, 2.75) is 52.2 Å². The molecule has 0 saturated carbocycles. The van der Waals surface area contributed by atoms with E-state index in [-0.39, 0.29) is 17.0 Å². The van der Waals surface area contributed by atoms with Crippen LogP contribution in [-0.2, 0) is 15.7 Å². The Hall–Kier alpha value is -1.50. The van der Waals surface area contributed by atoms with Crippen molar-refractivity contribution in [2.75, 3.05) is 0 Å². The summed E-state index contributed by atoms with van der Waals surface area (Å²) < 4.78 is 12.3. The van der Waals surface area contributed by atoms with E-state index in [1.54, 1.807) is 6.20 Å². The van der Waals surface area contributed by atoms with Gasteiger partial charge in [-0.25, -0.2) is 4.98 Å². The van der Waals surface area contributed by atoms with Gasteiger partial charge in [-0.05, 0) is 51.2 Å². The van der Waals surface area contributed by atoms with Gasteiger partial charge in [-0.1, -0.05) is 18.2 Å². The number of rotatable bonds is 4. The highest BCUT2D eigenvalue weighted by molar-refractivity contribution is 7.11. The van der Waals surface area contributed by atoms with Crippen LogP contribution in [0.25, 0.3) is 0 Å². The fraction of sp³-hybridized carbons (Fsp3) is 0.444. The minimum atomic E-state index is -0.412. The lowest BCUT2D eigenvalue weighted by Crippen LogP contribution is -2.41. The minimum Gasteiger partial charge on any atom is -0.399 e. The Bertz CT molecular complexity index is 740. The first-order valence-corrected chi connectivity index (χ1v) is 8.96. The van der Waals surface area contributed by atoms with Crippen molar-refractivity contribution >= 4 is 29.7 Å². The molecule has 1 aliphatic rings. The zero-order chi connectivity index (χ0) is 17.5. The van der Waals surface area contributed by atoms with Gasteiger partial charge in [-0.2, -0.15) is 0 Å². The number of ketones is 1. The smallest absolute Gasteiger partial charge is 0.399 e. The van der Waals surface area contributed by atoms with Crippen LogP contribution in [0.3, 0.4) is 0 Å². The van der Waals surface area contributed by atoms with Crippen LogP contribution in [0.15, 0.2) is 29.8 Å². The van der Waals surface area contributed by atoms with E-state index in [2.05, 4.69) is 4.98 Å². The molecule has 0 bridgehead atoms. The van der Waals surface area contributed by atoms with Crippen LogP contribution in [0, 0.1) is 6.92 Å². The van der Waals surface area contributed by atoms with Crippen LogP contribution >= 0.6 is 11.3 Å². The van der Waals surface area contributed by atoms with Gasteiger partial charge in [0.25, 0.3) is 0 Å². The number of hydrogen-bond donors (Lipinski definition) is 0. The third-order valence-corrected chi connectivity index (χ3v) is 5.83. The molecule has 4 nitrogen and oxygen atoms in total. The summed E-state index contributed by atoms with van der Waals surface area (Å²) in [6, 6.07) is 5.95. The Labute approximate surface area is 147 Å². The van der Waals surface area contributed by atoms with Crippen LogP contribution < -0.4 is 5.46 Å². The lowest BCUT2D eigenvalue weighted by molar-refractivity contribution is 0.00578. The van der Waals surface area contributed by atoms with E-state index in [9.17, 15) is 4.79 Å². The number of aromatic nitrogens is 1. The molecule has 0 N–H and O–H groups in total. The van der Waals surface area contributed by atoms with E-state index in [0.717, 1.165) is 16.6 Å². The molecule has 126 valence electrons. The van der Waals surface area contributed by atoms with E-state index in [0.29, 0.717) is 11.4 Å². The van der Waals surface area contributed by atoms with Crippen molar-refractivity contribution in [1.29, 1.82) is 0 Å². The Balaban J connectivity index is 1.86. The van der Waals surface area contributed by atoms with E-state index in [1.807, 2.05) is 58.2 Å². The molecule has 2 aromatic rings. The van der Waals surface area contributed by atoms with Gasteiger partial charge in [-0.3, -0.25) is 4.79 Å². The van der Waals surface area contributed by atoms with Crippen LogP contribution in [0.1, 0.15) is 48.6 Å². The third-order valence-electron chi connectivity index (χ3n) is 5.02. The average molecular weight is 343 g/mol. The van der Waals surface area contributed by atoms with E-state index in [4.69, 9.17) is 9.31 Å². The molecular weight excluding hydrogens is 321 g/mol. The molecule has 3 rings (SSSR count). The van der Waals surface area contributed by atoms with Gasteiger partial charge in [0.15, 0.2) is 10.8 Å². The average Bonchev–Trinajstić information content (AvgIpc) is 3.08. The largest absolute Gasteiger partial charge is 0.495 e. The van der Waals surface area contributed by atoms with Gasteiger partial charge in [0, 0.05) is 18.0 Å². The molecule has 0 amide bonds. The SMILES string of the molecule is Cc1c(CC(=O)c2nccs2)cccc1B1OC(C)(C)C(C)(C)O1. The summed E-state index contributed by atoms with van der Waals surface area (Å²) in [5, 5.41) is 2.37. The Morgan fingerprint density at radius 2 is 1.88 bits per heavy atom. The van der Waals surface area contributed by atoms with Gasteiger partial charge in [0.05, 0.1) is 11.2 Å². The summed E-state index contributed by atoms with van der Waals surface area (Å²) >= 11 is 1.38. The second-order valence-corrected chi connectivity index (χ2v) is 8.05. The maximum absolute atomic E-state index is 12.4. The molecule has 1 saturated heterocycles. The molecule has 0 spiro atoms. The second kappa shape index (κ2) is 6.10.